The predicted molar refractivity (Wildman–Crippen MR) is 176 cm³/mol. The summed E-state index contributed by atoms with van der Waals surface area (Å²) < 4.78 is 29.2. The number of sulfonamides is 1. The van der Waals surface area contributed by atoms with Crippen LogP contribution in [0, 0.1) is 0 Å². The number of aryl methyl sites for hydroxylation is 1. The molecular formula is C35H38ClN3O4S. The molecule has 1 unspecified atom stereocenters. The van der Waals surface area contributed by atoms with E-state index in [-0.39, 0.29) is 29.8 Å². The van der Waals surface area contributed by atoms with Crippen molar-refractivity contribution in [2.45, 2.75) is 57.1 Å². The van der Waals surface area contributed by atoms with Crippen LogP contribution in [0.2, 0.25) is 5.02 Å². The van der Waals surface area contributed by atoms with Crippen molar-refractivity contribution in [3.63, 3.8) is 0 Å². The number of carbonyl (C=O) groups is 2. The van der Waals surface area contributed by atoms with Crippen molar-refractivity contribution in [3.05, 3.63) is 131 Å². The van der Waals surface area contributed by atoms with Crippen LogP contribution in [-0.2, 0) is 39.0 Å². The van der Waals surface area contributed by atoms with E-state index in [9.17, 15) is 18.0 Å². The smallest absolute Gasteiger partial charge is 0.264 e. The first-order valence-electron chi connectivity index (χ1n) is 14.6. The van der Waals surface area contributed by atoms with Gasteiger partial charge < -0.3 is 10.2 Å². The third-order valence-corrected chi connectivity index (χ3v) is 9.21. The van der Waals surface area contributed by atoms with Crippen LogP contribution in [-0.4, -0.2) is 43.8 Å². The summed E-state index contributed by atoms with van der Waals surface area (Å²) in [6.45, 7) is 5.27. The number of hydrogen-bond acceptors (Lipinski definition) is 4. The molecule has 0 aliphatic rings. The molecule has 0 radical (unpaired) electrons. The Hall–Kier alpha value is -4.14. The van der Waals surface area contributed by atoms with Crippen molar-refractivity contribution in [2.24, 2.45) is 0 Å². The molecule has 4 aromatic rings. The molecule has 2 amide bonds. The van der Waals surface area contributed by atoms with E-state index in [1.165, 1.54) is 17.0 Å². The second-order valence-electron chi connectivity index (χ2n) is 10.9. The highest BCUT2D eigenvalue weighted by Gasteiger charge is 2.34. The monoisotopic (exact) mass is 631 g/mol. The Bertz CT molecular complexity index is 1650. The maximum absolute atomic E-state index is 14.4. The van der Waals surface area contributed by atoms with Gasteiger partial charge in [0.15, 0.2) is 0 Å². The Labute approximate surface area is 265 Å². The van der Waals surface area contributed by atoms with Crippen LogP contribution < -0.4 is 9.62 Å². The first kappa shape index (κ1) is 32.8. The summed E-state index contributed by atoms with van der Waals surface area (Å²) in [5.41, 5.74) is 2.97. The first-order valence-corrected chi connectivity index (χ1v) is 16.4. The number of rotatable bonds is 13. The molecular weight excluding hydrogens is 594 g/mol. The largest absolute Gasteiger partial charge is 0.352 e. The summed E-state index contributed by atoms with van der Waals surface area (Å²) >= 11 is 6.30. The normalized spacial score (nSPS) is 12.0. The summed E-state index contributed by atoms with van der Waals surface area (Å²) in [7, 11) is -4.14. The molecule has 9 heteroatoms. The van der Waals surface area contributed by atoms with E-state index in [1.54, 1.807) is 48.5 Å². The highest BCUT2D eigenvalue weighted by Crippen LogP contribution is 2.26. The number of amides is 2. The summed E-state index contributed by atoms with van der Waals surface area (Å²) in [4.78, 5) is 29.7. The minimum absolute atomic E-state index is 0.0520. The topological polar surface area (TPSA) is 86.8 Å². The van der Waals surface area contributed by atoms with Crippen molar-refractivity contribution in [1.29, 1.82) is 0 Å². The Morgan fingerprint density at radius 1 is 0.795 bits per heavy atom. The number of nitrogens with zero attached hydrogens (tertiary/aromatic N) is 2. The number of anilines is 1. The van der Waals surface area contributed by atoms with Crippen LogP contribution >= 0.6 is 11.6 Å². The summed E-state index contributed by atoms with van der Waals surface area (Å²) in [6.07, 6.45) is 1.02. The van der Waals surface area contributed by atoms with E-state index >= 15 is 0 Å². The number of hydrogen-bond donors (Lipinski definition) is 1. The minimum atomic E-state index is -4.14. The molecule has 0 fully saturated rings. The van der Waals surface area contributed by atoms with Crippen LogP contribution in [0.1, 0.15) is 37.5 Å². The number of halogens is 1. The zero-order valence-electron chi connectivity index (χ0n) is 25.2. The van der Waals surface area contributed by atoms with Gasteiger partial charge in [0, 0.05) is 24.0 Å². The van der Waals surface area contributed by atoms with E-state index in [0.717, 1.165) is 21.9 Å². The summed E-state index contributed by atoms with van der Waals surface area (Å²) in [6, 6.07) is 30.6. The van der Waals surface area contributed by atoms with Crippen LogP contribution in [0.5, 0.6) is 0 Å². The quantitative estimate of drug-likeness (QED) is 0.189. The van der Waals surface area contributed by atoms with Crippen molar-refractivity contribution >= 4 is 39.1 Å². The third kappa shape index (κ3) is 8.49. The molecule has 0 heterocycles. The van der Waals surface area contributed by atoms with Crippen LogP contribution in [0.15, 0.2) is 114 Å². The van der Waals surface area contributed by atoms with Crippen molar-refractivity contribution in [2.75, 3.05) is 10.8 Å². The van der Waals surface area contributed by atoms with Gasteiger partial charge in [-0.1, -0.05) is 91.3 Å². The van der Waals surface area contributed by atoms with Gasteiger partial charge in [0.05, 0.1) is 10.6 Å². The fraction of sp³-hybridized carbons (Fsp3) is 0.257. The van der Waals surface area contributed by atoms with Crippen LogP contribution in [0.25, 0.3) is 0 Å². The lowest BCUT2D eigenvalue weighted by atomic mass is 10.0. The molecule has 0 bridgehead atoms. The second-order valence-corrected chi connectivity index (χ2v) is 13.2. The van der Waals surface area contributed by atoms with Gasteiger partial charge in [0.1, 0.15) is 12.6 Å². The Kier molecular flexibility index (Phi) is 11.2. The molecule has 44 heavy (non-hydrogen) atoms. The molecule has 1 N–H and O–H groups in total. The fourth-order valence-electron chi connectivity index (χ4n) is 4.91. The van der Waals surface area contributed by atoms with Crippen LogP contribution in [0.3, 0.4) is 0 Å². The van der Waals surface area contributed by atoms with E-state index in [0.29, 0.717) is 16.3 Å². The van der Waals surface area contributed by atoms with E-state index in [2.05, 4.69) is 5.32 Å². The molecule has 0 aliphatic heterocycles. The Morgan fingerprint density at radius 3 is 2.00 bits per heavy atom. The third-order valence-electron chi connectivity index (χ3n) is 7.19. The maximum Gasteiger partial charge on any atom is 0.264 e. The zero-order valence-corrected chi connectivity index (χ0v) is 26.8. The molecule has 0 spiro atoms. The maximum atomic E-state index is 14.4. The SMILES string of the molecule is CCc1ccc(N(CC(=O)N(Cc2cccc(Cl)c2)C(Cc2ccccc2)C(=O)NC(C)C)S(=O)(=O)c2ccccc2)cc1. The van der Waals surface area contributed by atoms with Crippen LogP contribution in [0.4, 0.5) is 5.69 Å². The molecule has 0 saturated carbocycles. The van der Waals surface area contributed by atoms with Gasteiger partial charge in [-0.3, -0.25) is 13.9 Å². The number of nitrogens with one attached hydrogen (secondary N) is 1. The molecule has 0 saturated heterocycles. The average Bonchev–Trinajstić information content (AvgIpc) is 3.02. The van der Waals surface area contributed by atoms with Gasteiger partial charge in [0.2, 0.25) is 11.8 Å². The van der Waals surface area contributed by atoms with Gasteiger partial charge in [-0.05, 0) is 73.4 Å². The van der Waals surface area contributed by atoms with Gasteiger partial charge in [-0.2, -0.15) is 0 Å². The van der Waals surface area contributed by atoms with Gasteiger partial charge >= 0.3 is 0 Å². The van der Waals surface area contributed by atoms with Crippen molar-refractivity contribution < 1.29 is 18.0 Å². The van der Waals surface area contributed by atoms with Crippen molar-refractivity contribution in [3.8, 4) is 0 Å². The van der Waals surface area contributed by atoms with Crippen molar-refractivity contribution in [1.82, 2.24) is 10.2 Å². The lowest BCUT2D eigenvalue weighted by Gasteiger charge is -2.34. The molecule has 4 rings (SSSR count). The molecule has 4 aromatic carbocycles. The van der Waals surface area contributed by atoms with E-state index < -0.39 is 28.5 Å². The predicted octanol–water partition coefficient (Wildman–Crippen LogP) is 6.26. The minimum Gasteiger partial charge on any atom is -0.352 e. The molecule has 0 aliphatic carbocycles. The molecule has 1 atom stereocenters. The van der Waals surface area contributed by atoms with Gasteiger partial charge in [-0.15, -0.1) is 0 Å². The summed E-state index contributed by atoms with van der Waals surface area (Å²) in [5, 5.41) is 3.45. The number of carbonyl (C=O) groups excluding carboxylic acids is 2. The molecule has 0 aromatic heterocycles. The highest BCUT2D eigenvalue weighted by molar-refractivity contribution is 7.92. The second kappa shape index (κ2) is 15.0. The lowest BCUT2D eigenvalue weighted by Crippen LogP contribution is -2.54. The first-order chi connectivity index (χ1) is 21.1. The molecule has 7 nitrogen and oxygen atoms in total. The lowest BCUT2D eigenvalue weighted by molar-refractivity contribution is -0.140. The average molecular weight is 632 g/mol. The Morgan fingerprint density at radius 2 is 1.41 bits per heavy atom. The highest BCUT2D eigenvalue weighted by atomic mass is 35.5. The zero-order chi connectivity index (χ0) is 31.7. The standard InChI is InChI=1S/C35H38ClN3O4S/c1-4-27-18-20-31(21-19-27)39(44(42,43)32-16-9-6-10-17-32)25-34(40)38(24-29-14-11-15-30(36)22-29)33(35(41)37-26(2)3)23-28-12-7-5-8-13-28/h5-22,26,33H,4,23-25H2,1-3H3,(H,37,41). The number of benzene rings is 4. The van der Waals surface area contributed by atoms with E-state index in [4.69, 9.17) is 11.6 Å². The molecule has 230 valence electrons. The Balaban J connectivity index is 1.80. The van der Waals surface area contributed by atoms with Gasteiger partial charge in [-0.25, -0.2) is 8.42 Å². The summed E-state index contributed by atoms with van der Waals surface area (Å²) in [5.74, 6) is -0.854. The fourth-order valence-corrected chi connectivity index (χ4v) is 6.56. The van der Waals surface area contributed by atoms with E-state index in [1.807, 2.05) is 69.3 Å². The van der Waals surface area contributed by atoms with Gasteiger partial charge in [0.25, 0.3) is 10.0 Å².